The Morgan fingerprint density at radius 3 is 2.79 bits per heavy atom. The number of aliphatic carboxylic acids is 1. The van der Waals surface area contributed by atoms with Crippen molar-refractivity contribution in [1.82, 2.24) is 9.88 Å². The van der Waals surface area contributed by atoms with E-state index in [0.29, 0.717) is 25.9 Å². The lowest BCUT2D eigenvalue weighted by atomic mass is 9.68. The van der Waals surface area contributed by atoms with Crippen molar-refractivity contribution in [2.24, 2.45) is 5.41 Å². The number of piperidine rings is 2. The number of alkyl halides is 3. The van der Waals surface area contributed by atoms with Gasteiger partial charge >= 0.3 is 12.1 Å². The fourth-order valence-electron chi connectivity index (χ4n) is 3.96. The molecule has 0 radical (unpaired) electrons. The summed E-state index contributed by atoms with van der Waals surface area (Å²) in [7, 11) is 1.88. The van der Waals surface area contributed by atoms with Crippen molar-refractivity contribution < 1.29 is 23.1 Å². The minimum absolute atomic E-state index is 0.228. The van der Waals surface area contributed by atoms with E-state index in [0.717, 1.165) is 31.3 Å². The average molecular weight is 343 g/mol. The highest BCUT2D eigenvalue weighted by Gasteiger charge is 2.52. The lowest BCUT2D eigenvalue weighted by molar-refractivity contribution is -0.158. The van der Waals surface area contributed by atoms with Gasteiger partial charge in [0, 0.05) is 25.3 Å². The van der Waals surface area contributed by atoms with Crippen LogP contribution in [0.5, 0.6) is 0 Å². The van der Waals surface area contributed by atoms with Crippen LogP contribution in [-0.4, -0.2) is 53.7 Å². The maximum absolute atomic E-state index is 12.9. The summed E-state index contributed by atoms with van der Waals surface area (Å²) in [4.78, 5) is 19.7. The highest BCUT2D eigenvalue weighted by molar-refractivity contribution is 5.76. The Hall–Kier alpha value is -1.83. The van der Waals surface area contributed by atoms with Gasteiger partial charge in [0.1, 0.15) is 5.82 Å². The summed E-state index contributed by atoms with van der Waals surface area (Å²) in [5.41, 5.74) is -1.55. The number of carboxylic acids is 1. The maximum atomic E-state index is 12.9. The molecular weight excluding hydrogens is 323 g/mol. The van der Waals surface area contributed by atoms with Crippen molar-refractivity contribution in [2.75, 3.05) is 31.6 Å². The fraction of sp³-hybridized carbons (Fsp3) is 0.625. The van der Waals surface area contributed by atoms with E-state index in [9.17, 15) is 23.1 Å². The standard InChI is InChI=1S/C16H20F3N3O2/c1-21-7-2-4-15(14(23)24)5-8-22(10-12(15)21)13-9-11(3-6-20-13)16(17,18)19/h3,6,9,12H,2,4-5,7-8,10H2,1H3,(H,23,24)/t12-,15-/m0/s1. The van der Waals surface area contributed by atoms with Crippen LogP contribution in [0.4, 0.5) is 19.0 Å². The Kier molecular flexibility index (Phi) is 4.19. The summed E-state index contributed by atoms with van der Waals surface area (Å²) in [5.74, 6) is -0.557. The SMILES string of the molecule is CN1CCC[C@]2(C(=O)O)CCN(c3cc(C(F)(F)F)ccn3)C[C@H]12. The summed E-state index contributed by atoms with van der Waals surface area (Å²) >= 11 is 0. The zero-order valence-electron chi connectivity index (χ0n) is 13.4. The molecule has 0 saturated carbocycles. The van der Waals surface area contributed by atoms with E-state index in [1.165, 1.54) is 0 Å². The molecule has 132 valence electrons. The monoisotopic (exact) mass is 343 g/mol. The molecule has 2 fully saturated rings. The number of hydrogen-bond donors (Lipinski definition) is 1. The number of carbonyl (C=O) groups is 1. The molecule has 0 unspecified atom stereocenters. The Balaban J connectivity index is 1.87. The zero-order valence-corrected chi connectivity index (χ0v) is 13.4. The number of hydrogen-bond acceptors (Lipinski definition) is 4. The van der Waals surface area contributed by atoms with Gasteiger partial charge in [0.05, 0.1) is 11.0 Å². The molecule has 3 rings (SSSR count). The van der Waals surface area contributed by atoms with Crippen molar-refractivity contribution in [3.8, 4) is 0 Å². The van der Waals surface area contributed by atoms with Crippen molar-refractivity contribution >= 4 is 11.8 Å². The molecule has 0 aliphatic carbocycles. The number of pyridine rings is 1. The molecule has 24 heavy (non-hydrogen) atoms. The third kappa shape index (κ3) is 2.83. The number of likely N-dealkylation sites (tertiary alicyclic amines) is 1. The largest absolute Gasteiger partial charge is 0.481 e. The molecule has 3 heterocycles. The van der Waals surface area contributed by atoms with Crippen LogP contribution in [0.3, 0.4) is 0 Å². The Labute approximate surface area is 138 Å². The highest BCUT2D eigenvalue weighted by Crippen LogP contribution is 2.43. The smallest absolute Gasteiger partial charge is 0.416 e. The second-order valence-electron chi connectivity index (χ2n) is 6.66. The number of rotatable bonds is 2. The fourth-order valence-corrected chi connectivity index (χ4v) is 3.96. The van der Waals surface area contributed by atoms with Crippen LogP contribution in [0.1, 0.15) is 24.8 Å². The predicted octanol–water partition coefficient (Wildman–Crippen LogP) is 2.48. The van der Waals surface area contributed by atoms with Crippen LogP contribution < -0.4 is 4.90 Å². The van der Waals surface area contributed by atoms with E-state index in [1.807, 2.05) is 11.9 Å². The van der Waals surface area contributed by atoms with Crippen molar-refractivity contribution in [1.29, 1.82) is 0 Å². The zero-order chi connectivity index (χ0) is 17.5. The van der Waals surface area contributed by atoms with Crippen LogP contribution in [0.25, 0.3) is 0 Å². The van der Waals surface area contributed by atoms with E-state index in [2.05, 4.69) is 4.98 Å². The van der Waals surface area contributed by atoms with Gasteiger partial charge in [-0.3, -0.25) is 4.79 Å². The van der Waals surface area contributed by atoms with Crippen molar-refractivity contribution in [3.05, 3.63) is 23.9 Å². The Bertz CT molecular complexity index is 637. The Morgan fingerprint density at radius 1 is 1.38 bits per heavy atom. The van der Waals surface area contributed by atoms with Crippen LogP contribution in [0, 0.1) is 5.41 Å². The van der Waals surface area contributed by atoms with Crippen molar-refractivity contribution in [2.45, 2.75) is 31.5 Å². The lowest BCUT2D eigenvalue weighted by Crippen LogP contribution is -2.63. The molecule has 5 nitrogen and oxygen atoms in total. The quantitative estimate of drug-likeness (QED) is 0.894. The highest BCUT2D eigenvalue weighted by atomic mass is 19.4. The first-order valence-corrected chi connectivity index (χ1v) is 7.96. The van der Waals surface area contributed by atoms with Crippen LogP contribution in [0.15, 0.2) is 18.3 Å². The summed E-state index contributed by atoms with van der Waals surface area (Å²) in [5, 5.41) is 9.74. The molecule has 1 aromatic heterocycles. The molecular formula is C16H20F3N3O2. The molecule has 0 spiro atoms. The van der Waals surface area contributed by atoms with Gasteiger partial charge in [0.25, 0.3) is 0 Å². The van der Waals surface area contributed by atoms with Gasteiger partial charge in [-0.05, 0) is 45.0 Å². The molecule has 0 bridgehead atoms. The minimum Gasteiger partial charge on any atom is -0.481 e. The van der Waals surface area contributed by atoms with Crippen LogP contribution in [-0.2, 0) is 11.0 Å². The number of likely N-dealkylation sites (N-methyl/N-ethyl adjacent to an activating group) is 1. The van der Waals surface area contributed by atoms with Gasteiger partial charge in [-0.1, -0.05) is 0 Å². The third-order valence-corrected chi connectivity index (χ3v) is 5.35. The number of fused-ring (bicyclic) bond motifs is 1. The summed E-state index contributed by atoms with van der Waals surface area (Å²) in [6.45, 7) is 1.56. The first-order chi connectivity index (χ1) is 11.2. The van der Waals surface area contributed by atoms with Crippen LogP contribution in [0.2, 0.25) is 0 Å². The number of halogens is 3. The first-order valence-electron chi connectivity index (χ1n) is 7.96. The normalized spacial score (nSPS) is 28.5. The minimum atomic E-state index is -4.42. The van der Waals surface area contributed by atoms with Gasteiger partial charge in [0.2, 0.25) is 0 Å². The van der Waals surface area contributed by atoms with E-state index < -0.39 is 23.1 Å². The van der Waals surface area contributed by atoms with E-state index in [4.69, 9.17) is 0 Å². The maximum Gasteiger partial charge on any atom is 0.416 e. The Morgan fingerprint density at radius 2 is 2.12 bits per heavy atom. The van der Waals surface area contributed by atoms with Gasteiger partial charge in [0.15, 0.2) is 0 Å². The number of carboxylic acid groups (broad SMARTS) is 1. The van der Waals surface area contributed by atoms with Crippen LogP contribution >= 0.6 is 0 Å². The molecule has 1 aromatic rings. The number of aromatic nitrogens is 1. The third-order valence-electron chi connectivity index (χ3n) is 5.35. The molecule has 2 atom stereocenters. The number of nitrogens with zero attached hydrogens (tertiary/aromatic N) is 3. The molecule has 2 aliphatic heterocycles. The van der Waals surface area contributed by atoms with Gasteiger partial charge < -0.3 is 14.9 Å². The molecule has 2 aliphatic rings. The second kappa shape index (κ2) is 5.91. The molecule has 2 saturated heterocycles. The van der Waals surface area contributed by atoms with E-state index in [1.54, 1.807) is 4.90 Å². The lowest BCUT2D eigenvalue weighted by Gasteiger charge is -2.52. The molecule has 0 amide bonds. The van der Waals surface area contributed by atoms with Crippen molar-refractivity contribution in [3.63, 3.8) is 0 Å². The predicted molar refractivity (Wildman–Crippen MR) is 81.8 cm³/mol. The number of anilines is 1. The molecule has 1 N–H and O–H groups in total. The molecule has 8 heteroatoms. The van der Waals surface area contributed by atoms with Gasteiger partial charge in [-0.15, -0.1) is 0 Å². The summed E-state index contributed by atoms with van der Waals surface area (Å²) in [6, 6.07) is 1.76. The summed E-state index contributed by atoms with van der Waals surface area (Å²) < 4.78 is 38.7. The van der Waals surface area contributed by atoms with E-state index in [-0.39, 0.29) is 11.9 Å². The molecule has 0 aromatic carbocycles. The average Bonchev–Trinajstić information content (AvgIpc) is 2.54. The van der Waals surface area contributed by atoms with E-state index >= 15 is 0 Å². The van der Waals surface area contributed by atoms with Gasteiger partial charge in [-0.25, -0.2) is 4.98 Å². The van der Waals surface area contributed by atoms with Gasteiger partial charge in [-0.2, -0.15) is 13.2 Å². The second-order valence-corrected chi connectivity index (χ2v) is 6.66. The summed E-state index contributed by atoms with van der Waals surface area (Å²) in [6.07, 6.45) is -1.42. The topological polar surface area (TPSA) is 56.7 Å². The first kappa shape index (κ1) is 17.0.